The highest BCUT2D eigenvalue weighted by Gasteiger charge is 2.20. The number of ether oxygens (including phenoxy) is 1. The van der Waals surface area contributed by atoms with E-state index in [1.807, 2.05) is 98.7 Å². The number of allylic oxidation sites excluding steroid dienone is 6. The van der Waals surface area contributed by atoms with Gasteiger partial charge >= 0.3 is 0 Å². The van der Waals surface area contributed by atoms with Crippen LogP contribution < -0.4 is 9.80 Å². The van der Waals surface area contributed by atoms with Crippen LogP contribution in [-0.4, -0.2) is 28.2 Å². The van der Waals surface area contributed by atoms with Gasteiger partial charge in [-0.25, -0.2) is 0 Å². The molecule has 2 aromatic rings. The third kappa shape index (κ3) is 5.06. The molecule has 5 nitrogen and oxygen atoms in total. The van der Waals surface area contributed by atoms with E-state index in [-0.39, 0.29) is 5.57 Å². The standard InChI is InChI=1S/C28H26N4O/c1-19(21-7-11-25(12-8-21)31(3)4)27-15-23(24(17-29)18-30)16-28(33-27)20(2)22-9-13-26(14-10-22)32(5)6/h7-16H,1-2H2,3-6H3. The summed E-state index contributed by atoms with van der Waals surface area (Å²) in [5.41, 5.74) is 5.65. The summed E-state index contributed by atoms with van der Waals surface area (Å²) in [4.78, 5) is 4.03. The van der Waals surface area contributed by atoms with Gasteiger partial charge in [0.1, 0.15) is 29.2 Å². The second kappa shape index (κ2) is 9.77. The SMILES string of the molecule is C=C(C1=CC(=C(C#N)C#N)C=C(C(=C)c2ccc(N(C)C)cc2)O1)c1ccc(N(C)C)cc1. The number of rotatable bonds is 6. The Hall–Kier alpha value is -4.48. The Balaban J connectivity index is 1.99. The van der Waals surface area contributed by atoms with Gasteiger partial charge in [-0.3, -0.25) is 0 Å². The Morgan fingerprint density at radius 2 is 1.06 bits per heavy atom. The van der Waals surface area contributed by atoms with E-state index in [9.17, 15) is 10.5 Å². The number of hydrogen-bond acceptors (Lipinski definition) is 5. The number of hydrogen-bond donors (Lipinski definition) is 0. The molecule has 1 aliphatic heterocycles. The Morgan fingerprint density at radius 1 is 0.697 bits per heavy atom. The lowest BCUT2D eigenvalue weighted by atomic mass is 9.97. The van der Waals surface area contributed by atoms with Crippen LogP contribution in [0.4, 0.5) is 11.4 Å². The molecule has 3 rings (SSSR count). The molecular formula is C28H26N4O. The Morgan fingerprint density at radius 3 is 1.36 bits per heavy atom. The van der Waals surface area contributed by atoms with Crippen LogP contribution in [0.1, 0.15) is 11.1 Å². The van der Waals surface area contributed by atoms with Crippen molar-refractivity contribution in [3.8, 4) is 12.1 Å². The number of benzene rings is 2. The molecule has 0 aromatic heterocycles. The zero-order valence-electron chi connectivity index (χ0n) is 19.4. The summed E-state index contributed by atoms with van der Waals surface area (Å²) in [5.74, 6) is 0.934. The van der Waals surface area contributed by atoms with Crippen LogP contribution in [-0.2, 0) is 4.74 Å². The maximum atomic E-state index is 9.44. The first-order valence-corrected chi connectivity index (χ1v) is 10.3. The first-order chi connectivity index (χ1) is 15.7. The molecule has 164 valence electrons. The smallest absolute Gasteiger partial charge is 0.137 e. The van der Waals surface area contributed by atoms with Crippen molar-refractivity contribution < 1.29 is 4.74 Å². The molecule has 5 heteroatoms. The lowest BCUT2D eigenvalue weighted by Gasteiger charge is -2.22. The van der Waals surface area contributed by atoms with Gasteiger partial charge in [-0.1, -0.05) is 37.4 Å². The predicted octanol–water partition coefficient (Wildman–Crippen LogP) is 5.69. The molecule has 0 atom stereocenters. The molecule has 0 radical (unpaired) electrons. The molecule has 0 saturated heterocycles. The van der Waals surface area contributed by atoms with Gasteiger partial charge in [-0.15, -0.1) is 0 Å². The van der Waals surface area contributed by atoms with Crippen LogP contribution >= 0.6 is 0 Å². The summed E-state index contributed by atoms with van der Waals surface area (Å²) in [5, 5.41) is 18.9. The molecule has 0 fully saturated rings. The van der Waals surface area contributed by atoms with Crippen molar-refractivity contribution in [3.63, 3.8) is 0 Å². The highest BCUT2D eigenvalue weighted by molar-refractivity contribution is 5.83. The van der Waals surface area contributed by atoms with E-state index in [0.717, 1.165) is 22.5 Å². The molecule has 0 aliphatic carbocycles. The molecule has 0 N–H and O–H groups in total. The Labute approximate surface area is 195 Å². The summed E-state index contributed by atoms with van der Waals surface area (Å²) in [6.45, 7) is 8.42. The lowest BCUT2D eigenvalue weighted by Crippen LogP contribution is -2.09. The quantitative estimate of drug-likeness (QED) is 0.547. The second-order valence-electron chi connectivity index (χ2n) is 8.01. The van der Waals surface area contributed by atoms with Gasteiger partial charge in [0.25, 0.3) is 0 Å². The first kappa shape index (κ1) is 23.2. The van der Waals surface area contributed by atoms with E-state index in [1.54, 1.807) is 12.2 Å². The summed E-state index contributed by atoms with van der Waals surface area (Å²) in [6.07, 6.45) is 3.35. The maximum absolute atomic E-state index is 9.44. The molecule has 2 aromatic carbocycles. The van der Waals surface area contributed by atoms with Crippen LogP contribution in [0.15, 0.2) is 96.5 Å². The van der Waals surface area contributed by atoms with E-state index in [2.05, 4.69) is 13.2 Å². The van der Waals surface area contributed by atoms with E-state index < -0.39 is 0 Å². The second-order valence-corrected chi connectivity index (χ2v) is 8.01. The fraction of sp³-hybridized carbons (Fsp3) is 0.143. The predicted molar refractivity (Wildman–Crippen MR) is 135 cm³/mol. The fourth-order valence-corrected chi connectivity index (χ4v) is 3.30. The highest BCUT2D eigenvalue weighted by Crippen LogP contribution is 2.36. The van der Waals surface area contributed by atoms with E-state index in [1.165, 1.54) is 0 Å². The number of nitrogens with zero attached hydrogens (tertiary/aromatic N) is 4. The van der Waals surface area contributed by atoms with Gasteiger partial charge in [-0.2, -0.15) is 10.5 Å². The van der Waals surface area contributed by atoms with Crippen molar-refractivity contribution in [2.45, 2.75) is 0 Å². The molecule has 0 amide bonds. The van der Waals surface area contributed by atoms with Crippen molar-refractivity contribution in [2.24, 2.45) is 0 Å². The van der Waals surface area contributed by atoms with Gasteiger partial charge < -0.3 is 14.5 Å². The summed E-state index contributed by atoms with van der Waals surface area (Å²) >= 11 is 0. The Bertz CT molecular complexity index is 1160. The Kier molecular flexibility index (Phi) is 6.86. The van der Waals surface area contributed by atoms with Gasteiger partial charge in [-0.05, 0) is 47.5 Å². The number of nitriles is 2. The van der Waals surface area contributed by atoms with Crippen molar-refractivity contribution in [1.82, 2.24) is 0 Å². The third-order valence-corrected chi connectivity index (χ3v) is 5.36. The molecule has 0 spiro atoms. The van der Waals surface area contributed by atoms with Gasteiger partial charge in [0.05, 0.1) is 0 Å². The number of anilines is 2. The summed E-state index contributed by atoms with van der Waals surface area (Å²) in [6, 6.07) is 19.8. The van der Waals surface area contributed by atoms with E-state index in [4.69, 9.17) is 4.74 Å². The summed E-state index contributed by atoms with van der Waals surface area (Å²) in [7, 11) is 7.92. The molecule has 1 aliphatic rings. The minimum absolute atomic E-state index is 0.000175. The van der Waals surface area contributed by atoms with Crippen molar-refractivity contribution in [2.75, 3.05) is 38.0 Å². The van der Waals surface area contributed by atoms with E-state index in [0.29, 0.717) is 28.2 Å². The van der Waals surface area contributed by atoms with Crippen molar-refractivity contribution in [3.05, 3.63) is 108 Å². The molecule has 0 unspecified atom stereocenters. The molecular weight excluding hydrogens is 408 g/mol. The van der Waals surface area contributed by atoms with Crippen molar-refractivity contribution in [1.29, 1.82) is 10.5 Å². The van der Waals surface area contributed by atoms with Crippen LogP contribution in [0, 0.1) is 22.7 Å². The normalized spacial score (nSPS) is 12.4. The zero-order chi connectivity index (χ0) is 24.1. The average Bonchev–Trinajstić information content (AvgIpc) is 2.83. The zero-order valence-corrected chi connectivity index (χ0v) is 19.4. The van der Waals surface area contributed by atoms with Gasteiger partial charge in [0, 0.05) is 56.3 Å². The topological polar surface area (TPSA) is 63.3 Å². The average molecular weight is 435 g/mol. The monoisotopic (exact) mass is 434 g/mol. The van der Waals surface area contributed by atoms with Crippen LogP contribution in [0.3, 0.4) is 0 Å². The van der Waals surface area contributed by atoms with Crippen LogP contribution in [0.2, 0.25) is 0 Å². The lowest BCUT2D eigenvalue weighted by molar-refractivity contribution is 0.340. The molecule has 0 bridgehead atoms. The largest absolute Gasteiger partial charge is 0.456 e. The third-order valence-electron chi connectivity index (χ3n) is 5.36. The van der Waals surface area contributed by atoms with Gasteiger partial charge in [0.2, 0.25) is 0 Å². The van der Waals surface area contributed by atoms with Crippen molar-refractivity contribution >= 4 is 22.5 Å². The van der Waals surface area contributed by atoms with E-state index >= 15 is 0 Å². The van der Waals surface area contributed by atoms with Crippen LogP contribution in [0.25, 0.3) is 11.1 Å². The minimum atomic E-state index is -0.000175. The van der Waals surface area contributed by atoms with Gasteiger partial charge in [0.15, 0.2) is 0 Å². The molecule has 1 heterocycles. The molecule has 33 heavy (non-hydrogen) atoms. The maximum Gasteiger partial charge on any atom is 0.137 e. The van der Waals surface area contributed by atoms with Crippen LogP contribution in [0.5, 0.6) is 0 Å². The fourth-order valence-electron chi connectivity index (χ4n) is 3.30. The highest BCUT2D eigenvalue weighted by atomic mass is 16.5. The summed E-state index contributed by atoms with van der Waals surface area (Å²) < 4.78 is 6.19. The first-order valence-electron chi connectivity index (χ1n) is 10.3. The molecule has 0 saturated carbocycles. The minimum Gasteiger partial charge on any atom is -0.456 e.